The molecular formula is C21H20N4O. The average Bonchev–Trinajstić information content (AvgIpc) is 3.15. The van der Waals surface area contributed by atoms with Crippen molar-refractivity contribution in [3.8, 4) is 11.3 Å². The molecule has 0 unspecified atom stereocenters. The summed E-state index contributed by atoms with van der Waals surface area (Å²) in [4.78, 5) is 24.7. The molecule has 0 aliphatic carbocycles. The van der Waals surface area contributed by atoms with E-state index in [1.165, 1.54) is 0 Å². The van der Waals surface area contributed by atoms with E-state index >= 15 is 0 Å². The van der Waals surface area contributed by atoms with Gasteiger partial charge in [0.15, 0.2) is 0 Å². The van der Waals surface area contributed by atoms with E-state index < -0.39 is 0 Å². The number of rotatable bonds is 4. The fourth-order valence-electron chi connectivity index (χ4n) is 2.89. The molecule has 4 rings (SSSR count). The summed E-state index contributed by atoms with van der Waals surface area (Å²) < 4.78 is 1.57. The van der Waals surface area contributed by atoms with Crippen LogP contribution >= 0.6 is 0 Å². The standard InChI is InChI=1S/C21H18N4O.H2/c1-25-20(24-17-11-6-5-10-16(17)21(25)26)13-7-12-19-22-14-18(23-19)15-8-3-2-4-9-15;/h2-11,13-14H,12H2,1H3,(H,22,23);1H/b13-7+;. The molecule has 0 saturated heterocycles. The van der Waals surface area contributed by atoms with Gasteiger partial charge in [0.05, 0.1) is 22.8 Å². The second-order valence-corrected chi connectivity index (χ2v) is 6.07. The highest BCUT2D eigenvalue weighted by Crippen LogP contribution is 2.16. The Bertz CT molecular complexity index is 1150. The third-order valence-electron chi connectivity index (χ3n) is 4.31. The summed E-state index contributed by atoms with van der Waals surface area (Å²) in [6.07, 6.45) is 6.29. The van der Waals surface area contributed by atoms with E-state index in [4.69, 9.17) is 0 Å². The Morgan fingerprint density at radius 3 is 2.73 bits per heavy atom. The van der Waals surface area contributed by atoms with Gasteiger partial charge in [-0.15, -0.1) is 0 Å². The Kier molecular flexibility index (Phi) is 4.19. The predicted molar refractivity (Wildman–Crippen MR) is 106 cm³/mol. The summed E-state index contributed by atoms with van der Waals surface area (Å²) in [5.74, 6) is 1.49. The van der Waals surface area contributed by atoms with Crippen LogP contribution in [-0.2, 0) is 13.5 Å². The van der Waals surface area contributed by atoms with E-state index in [-0.39, 0.29) is 6.99 Å². The molecule has 0 aliphatic heterocycles. The molecule has 0 spiro atoms. The minimum Gasteiger partial charge on any atom is -0.342 e. The molecule has 0 saturated carbocycles. The van der Waals surface area contributed by atoms with Crippen LogP contribution in [0.3, 0.4) is 0 Å². The molecular weight excluding hydrogens is 324 g/mol. The smallest absolute Gasteiger partial charge is 0.261 e. The molecule has 130 valence electrons. The van der Waals surface area contributed by atoms with Gasteiger partial charge in [-0.25, -0.2) is 9.97 Å². The zero-order valence-electron chi connectivity index (χ0n) is 14.4. The van der Waals surface area contributed by atoms with E-state index in [1.807, 2.05) is 66.9 Å². The Balaban J connectivity index is 0.00000210. The second-order valence-electron chi connectivity index (χ2n) is 6.07. The van der Waals surface area contributed by atoms with E-state index in [1.54, 1.807) is 17.7 Å². The van der Waals surface area contributed by atoms with Crippen LogP contribution in [0.15, 0.2) is 71.7 Å². The minimum absolute atomic E-state index is 0. The van der Waals surface area contributed by atoms with Crippen LogP contribution < -0.4 is 5.56 Å². The summed E-state index contributed by atoms with van der Waals surface area (Å²) in [6.45, 7) is 0. The van der Waals surface area contributed by atoms with Crippen LogP contribution in [0, 0.1) is 0 Å². The number of allylic oxidation sites excluding steroid dienone is 1. The van der Waals surface area contributed by atoms with Crippen molar-refractivity contribution >= 4 is 17.0 Å². The molecule has 0 atom stereocenters. The van der Waals surface area contributed by atoms with Crippen molar-refractivity contribution in [2.45, 2.75) is 6.42 Å². The van der Waals surface area contributed by atoms with Crippen LogP contribution in [0.1, 0.15) is 13.1 Å². The van der Waals surface area contributed by atoms with Gasteiger partial charge in [0.2, 0.25) is 0 Å². The van der Waals surface area contributed by atoms with Crippen LogP contribution in [0.5, 0.6) is 0 Å². The first kappa shape index (κ1) is 16.0. The van der Waals surface area contributed by atoms with Crippen molar-refractivity contribution in [2.24, 2.45) is 7.05 Å². The highest BCUT2D eigenvalue weighted by Gasteiger charge is 2.05. The molecule has 5 nitrogen and oxygen atoms in total. The molecule has 2 aromatic carbocycles. The number of aromatic amines is 1. The molecule has 2 heterocycles. The SMILES string of the molecule is Cn1c(/C=C/Cc2ncc(-c3ccccc3)[nH]2)nc2ccccc2c1=O.[HH]. The zero-order valence-corrected chi connectivity index (χ0v) is 14.4. The summed E-state index contributed by atoms with van der Waals surface area (Å²) in [6, 6.07) is 17.5. The molecule has 1 N–H and O–H groups in total. The van der Waals surface area contributed by atoms with E-state index in [0.717, 1.165) is 17.1 Å². The molecule has 0 fully saturated rings. The number of H-pyrrole nitrogens is 1. The van der Waals surface area contributed by atoms with Gasteiger partial charge in [-0.1, -0.05) is 48.5 Å². The lowest BCUT2D eigenvalue weighted by molar-refractivity contribution is 0.827. The number of aromatic nitrogens is 4. The maximum Gasteiger partial charge on any atom is 0.261 e. The van der Waals surface area contributed by atoms with Crippen LogP contribution in [0.2, 0.25) is 0 Å². The quantitative estimate of drug-likeness (QED) is 0.612. The molecule has 0 bridgehead atoms. The van der Waals surface area contributed by atoms with Crippen molar-refractivity contribution in [1.82, 2.24) is 19.5 Å². The lowest BCUT2D eigenvalue weighted by Gasteiger charge is -2.05. The number of hydrogen-bond acceptors (Lipinski definition) is 3. The fourth-order valence-corrected chi connectivity index (χ4v) is 2.89. The van der Waals surface area contributed by atoms with Gasteiger partial charge in [0.1, 0.15) is 11.6 Å². The lowest BCUT2D eigenvalue weighted by Crippen LogP contribution is -2.20. The monoisotopic (exact) mass is 344 g/mol. The van der Waals surface area contributed by atoms with Gasteiger partial charge in [0.25, 0.3) is 5.56 Å². The Morgan fingerprint density at radius 1 is 1.12 bits per heavy atom. The summed E-state index contributed by atoms with van der Waals surface area (Å²) in [7, 11) is 1.74. The molecule has 2 aromatic heterocycles. The largest absolute Gasteiger partial charge is 0.342 e. The molecule has 0 radical (unpaired) electrons. The number of imidazole rings is 1. The van der Waals surface area contributed by atoms with E-state index in [9.17, 15) is 4.79 Å². The fraction of sp³-hybridized carbons (Fsp3) is 0.0952. The van der Waals surface area contributed by atoms with Gasteiger partial charge in [-0.2, -0.15) is 0 Å². The maximum atomic E-state index is 12.4. The number of hydrogen-bond donors (Lipinski definition) is 1. The van der Waals surface area contributed by atoms with Crippen molar-refractivity contribution in [3.63, 3.8) is 0 Å². The molecule has 26 heavy (non-hydrogen) atoms. The van der Waals surface area contributed by atoms with E-state index in [2.05, 4.69) is 15.0 Å². The van der Waals surface area contributed by atoms with Crippen molar-refractivity contribution in [2.75, 3.05) is 0 Å². The number of nitrogens with zero attached hydrogens (tertiary/aromatic N) is 3. The Labute approximate surface area is 152 Å². The van der Waals surface area contributed by atoms with Crippen molar-refractivity contribution < 1.29 is 1.43 Å². The summed E-state index contributed by atoms with van der Waals surface area (Å²) in [5.41, 5.74) is 2.76. The lowest BCUT2D eigenvalue weighted by atomic mass is 10.2. The van der Waals surface area contributed by atoms with Crippen LogP contribution in [-0.4, -0.2) is 19.5 Å². The van der Waals surface area contributed by atoms with Crippen LogP contribution in [0.4, 0.5) is 0 Å². The van der Waals surface area contributed by atoms with Crippen LogP contribution in [0.25, 0.3) is 28.2 Å². The second kappa shape index (κ2) is 6.80. The van der Waals surface area contributed by atoms with Gasteiger partial charge in [0, 0.05) is 14.9 Å². The van der Waals surface area contributed by atoms with Gasteiger partial charge < -0.3 is 4.98 Å². The van der Waals surface area contributed by atoms with Gasteiger partial charge >= 0.3 is 0 Å². The third-order valence-corrected chi connectivity index (χ3v) is 4.31. The average molecular weight is 344 g/mol. The summed E-state index contributed by atoms with van der Waals surface area (Å²) in [5, 5.41) is 0.630. The first-order valence-corrected chi connectivity index (χ1v) is 8.44. The first-order valence-electron chi connectivity index (χ1n) is 8.44. The minimum atomic E-state index is -0.0420. The molecule has 0 aliphatic rings. The normalized spacial score (nSPS) is 11.4. The van der Waals surface area contributed by atoms with Gasteiger partial charge in [-0.3, -0.25) is 9.36 Å². The van der Waals surface area contributed by atoms with Crippen molar-refractivity contribution in [1.29, 1.82) is 0 Å². The third kappa shape index (κ3) is 3.07. The summed E-state index contributed by atoms with van der Waals surface area (Å²) >= 11 is 0. The van der Waals surface area contributed by atoms with Crippen molar-refractivity contribution in [3.05, 3.63) is 88.9 Å². The molecule has 4 aromatic rings. The maximum absolute atomic E-state index is 12.4. The number of fused-ring (bicyclic) bond motifs is 1. The number of nitrogens with one attached hydrogen (secondary N) is 1. The Hall–Kier alpha value is -3.47. The Morgan fingerprint density at radius 2 is 1.88 bits per heavy atom. The number of benzene rings is 2. The molecule has 0 amide bonds. The molecule has 5 heteroatoms. The highest BCUT2D eigenvalue weighted by molar-refractivity contribution is 5.78. The topological polar surface area (TPSA) is 63.6 Å². The predicted octanol–water partition coefficient (Wildman–Crippen LogP) is 3.83. The zero-order chi connectivity index (χ0) is 17.9. The highest BCUT2D eigenvalue weighted by atomic mass is 16.1. The number of para-hydroxylation sites is 1. The first-order chi connectivity index (χ1) is 12.7. The van der Waals surface area contributed by atoms with Gasteiger partial charge in [-0.05, 0) is 23.8 Å². The van der Waals surface area contributed by atoms with E-state index in [0.29, 0.717) is 23.1 Å².